The molecule has 3 aromatic carbocycles. The maximum Gasteiger partial charge on any atom is 0.0320 e. The van der Waals surface area contributed by atoms with Crippen LogP contribution in [0.5, 0.6) is 0 Å². The van der Waals surface area contributed by atoms with Crippen LogP contribution in [0.15, 0.2) is 54.6 Å². The van der Waals surface area contributed by atoms with Crippen LogP contribution in [0.4, 0.5) is 5.69 Å². The number of rotatable bonds is 0. The first-order valence-corrected chi connectivity index (χ1v) is 5.01. The van der Waals surface area contributed by atoms with Crippen LogP contribution in [0.1, 0.15) is 0 Å². The fourth-order valence-electron chi connectivity index (χ4n) is 1.96. The topological polar surface area (TPSA) is 26.0 Å². The van der Waals surface area contributed by atoms with Crippen molar-refractivity contribution in [1.29, 1.82) is 0 Å². The van der Waals surface area contributed by atoms with E-state index in [-0.39, 0.29) is 29.6 Å². The molecule has 73 valence electrons. The quantitative estimate of drug-likeness (QED) is 0.348. The Morgan fingerprint density at radius 2 is 1.19 bits per heavy atom. The van der Waals surface area contributed by atoms with Gasteiger partial charge in [-0.2, -0.15) is 0 Å². The molecule has 0 unspecified atom stereocenters. The summed E-state index contributed by atoms with van der Waals surface area (Å²) in [5, 5.41) is 4.97. The Morgan fingerprint density at radius 1 is 0.625 bits per heavy atom. The van der Waals surface area contributed by atoms with Crippen molar-refractivity contribution in [1.82, 2.24) is 0 Å². The van der Waals surface area contributed by atoms with Crippen molar-refractivity contribution >= 4 is 56.8 Å². The zero-order valence-corrected chi connectivity index (χ0v) is 11.3. The van der Waals surface area contributed by atoms with Crippen molar-refractivity contribution in [2.45, 2.75) is 0 Å². The van der Waals surface area contributed by atoms with Gasteiger partial charge < -0.3 is 5.73 Å². The van der Waals surface area contributed by atoms with E-state index in [2.05, 4.69) is 42.5 Å². The van der Waals surface area contributed by atoms with E-state index < -0.39 is 0 Å². The van der Waals surface area contributed by atoms with Gasteiger partial charge in [-0.25, -0.2) is 0 Å². The first kappa shape index (κ1) is 11.5. The Labute approximate surface area is 117 Å². The summed E-state index contributed by atoms with van der Waals surface area (Å²) in [5.74, 6) is 0. The molecule has 1 radical (unpaired) electrons. The largest absolute Gasteiger partial charge is 0.399 e. The zero-order valence-electron chi connectivity index (χ0n) is 9.27. The summed E-state index contributed by atoms with van der Waals surface area (Å²) < 4.78 is 0. The van der Waals surface area contributed by atoms with Crippen LogP contribution in [0.3, 0.4) is 0 Å². The maximum absolute atomic E-state index is 5.77. The number of anilines is 1. The van der Waals surface area contributed by atoms with Gasteiger partial charge in [0.2, 0.25) is 0 Å². The number of fused-ring (bicyclic) bond motifs is 2. The molecule has 0 atom stereocenters. The molecule has 3 aromatic rings. The molecule has 0 aliphatic carbocycles. The van der Waals surface area contributed by atoms with Crippen LogP contribution >= 0.6 is 0 Å². The van der Waals surface area contributed by atoms with Crippen LogP contribution in [0, 0.1) is 0 Å². The van der Waals surface area contributed by atoms with Gasteiger partial charge in [-0.1, -0.05) is 30.3 Å². The van der Waals surface area contributed by atoms with Crippen molar-refractivity contribution in [3.05, 3.63) is 54.6 Å². The molecule has 0 aliphatic rings. The van der Waals surface area contributed by atoms with E-state index >= 15 is 0 Å². The van der Waals surface area contributed by atoms with Crippen LogP contribution in [-0.4, -0.2) is 29.6 Å². The molecule has 0 amide bonds. The first-order valence-electron chi connectivity index (χ1n) is 5.01. The maximum atomic E-state index is 5.77. The number of nitrogens with two attached hydrogens (primary N) is 1. The second-order valence-corrected chi connectivity index (χ2v) is 3.81. The third-order valence-electron chi connectivity index (χ3n) is 2.73. The molecule has 2 heteroatoms. The molecule has 1 nitrogen and oxygen atoms in total. The molecule has 0 spiro atoms. The second kappa shape index (κ2) is 4.46. The van der Waals surface area contributed by atoms with Crippen LogP contribution in [-0.2, 0) is 0 Å². The van der Waals surface area contributed by atoms with E-state index in [9.17, 15) is 0 Å². The van der Waals surface area contributed by atoms with Crippen LogP contribution < -0.4 is 5.73 Å². The van der Waals surface area contributed by atoms with Gasteiger partial charge in [0, 0.05) is 35.2 Å². The molecule has 0 heterocycles. The van der Waals surface area contributed by atoms with E-state index in [1.165, 1.54) is 21.5 Å². The van der Waals surface area contributed by atoms with E-state index in [1.807, 2.05) is 12.1 Å². The summed E-state index contributed by atoms with van der Waals surface area (Å²) in [6.45, 7) is 0. The number of nitrogen functional groups attached to an aromatic ring is 1. The molecular weight excluding hydrogens is 205 g/mol. The molecule has 0 saturated carbocycles. The third kappa shape index (κ3) is 1.94. The predicted molar refractivity (Wildman–Crippen MR) is 71.6 cm³/mol. The number of hydrogen-bond donors (Lipinski definition) is 1. The smallest absolute Gasteiger partial charge is 0.0320 e. The van der Waals surface area contributed by atoms with E-state index in [0.717, 1.165) is 5.69 Å². The number of hydrogen-bond acceptors (Lipinski definition) is 1. The molecule has 3 rings (SSSR count). The Morgan fingerprint density at radius 3 is 1.88 bits per heavy atom. The normalized spacial score (nSPS) is 10.2. The molecule has 0 bridgehead atoms. The van der Waals surface area contributed by atoms with E-state index in [1.54, 1.807) is 0 Å². The standard InChI is InChI=1S/C14H11N.Na/c15-14-6-5-12-7-10-3-1-2-4-11(10)8-13(12)9-14;/h1-9H,15H2;. The molecule has 0 aromatic heterocycles. The van der Waals surface area contributed by atoms with Crippen molar-refractivity contribution in [3.63, 3.8) is 0 Å². The van der Waals surface area contributed by atoms with Gasteiger partial charge in [-0.05, 0) is 45.8 Å². The van der Waals surface area contributed by atoms with E-state index in [4.69, 9.17) is 5.73 Å². The summed E-state index contributed by atoms with van der Waals surface area (Å²) in [5.41, 5.74) is 6.59. The Bertz CT molecular complexity index is 646. The third-order valence-corrected chi connectivity index (χ3v) is 2.73. The summed E-state index contributed by atoms with van der Waals surface area (Å²) >= 11 is 0. The molecular formula is C14H11NNa. The molecule has 16 heavy (non-hydrogen) atoms. The average Bonchev–Trinajstić information content (AvgIpc) is 2.26. The SMILES string of the molecule is Nc1ccc2cc3ccccc3cc2c1.[Na]. The minimum atomic E-state index is 0. The predicted octanol–water partition coefficient (Wildman–Crippen LogP) is 3.19. The van der Waals surface area contributed by atoms with Crippen LogP contribution in [0.2, 0.25) is 0 Å². The van der Waals surface area contributed by atoms with Gasteiger partial charge in [-0.3, -0.25) is 0 Å². The van der Waals surface area contributed by atoms with Crippen LogP contribution in [0.25, 0.3) is 21.5 Å². The summed E-state index contributed by atoms with van der Waals surface area (Å²) in [6.07, 6.45) is 0. The summed E-state index contributed by atoms with van der Waals surface area (Å²) in [6, 6.07) is 18.8. The van der Waals surface area contributed by atoms with Crippen molar-refractivity contribution in [2.75, 3.05) is 5.73 Å². The van der Waals surface area contributed by atoms with Gasteiger partial charge in [0.05, 0.1) is 0 Å². The fraction of sp³-hybridized carbons (Fsp3) is 0. The van der Waals surface area contributed by atoms with Gasteiger partial charge in [-0.15, -0.1) is 0 Å². The Balaban J connectivity index is 0.000000963. The molecule has 0 fully saturated rings. The van der Waals surface area contributed by atoms with E-state index in [0.29, 0.717) is 0 Å². The minimum absolute atomic E-state index is 0. The van der Waals surface area contributed by atoms with Gasteiger partial charge in [0.25, 0.3) is 0 Å². The monoisotopic (exact) mass is 216 g/mol. The van der Waals surface area contributed by atoms with Crippen molar-refractivity contribution in [2.24, 2.45) is 0 Å². The van der Waals surface area contributed by atoms with Crippen molar-refractivity contribution < 1.29 is 0 Å². The number of benzene rings is 3. The van der Waals surface area contributed by atoms with Crippen molar-refractivity contribution in [3.8, 4) is 0 Å². The summed E-state index contributed by atoms with van der Waals surface area (Å²) in [7, 11) is 0. The molecule has 0 saturated heterocycles. The minimum Gasteiger partial charge on any atom is -0.399 e. The fourth-order valence-corrected chi connectivity index (χ4v) is 1.96. The average molecular weight is 216 g/mol. The Hall–Kier alpha value is -1.02. The van der Waals surface area contributed by atoms with Gasteiger partial charge >= 0.3 is 0 Å². The van der Waals surface area contributed by atoms with Gasteiger partial charge in [0.1, 0.15) is 0 Å². The second-order valence-electron chi connectivity index (χ2n) is 3.81. The summed E-state index contributed by atoms with van der Waals surface area (Å²) in [4.78, 5) is 0. The zero-order chi connectivity index (χ0) is 10.3. The van der Waals surface area contributed by atoms with Gasteiger partial charge in [0.15, 0.2) is 0 Å². The molecule has 2 N–H and O–H groups in total. The Kier molecular flexibility index (Phi) is 3.20. The molecule has 0 aliphatic heterocycles. The first-order chi connectivity index (χ1) is 7.33.